The normalized spacial score (nSPS) is 13.6. The zero-order valence-corrected chi connectivity index (χ0v) is 9.71. The summed E-state index contributed by atoms with van der Waals surface area (Å²) in [6.45, 7) is 4.56. The molecule has 0 radical (unpaired) electrons. The Balaban J connectivity index is 0.000000128. The second kappa shape index (κ2) is 10.7. The number of hydrogen-bond acceptors (Lipinski definition) is 5. The lowest BCUT2D eigenvalue weighted by Gasteiger charge is -2.11. The lowest BCUT2D eigenvalue weighted by atomic mass is 10.4. The van der Waals surface area contributed by atoms with Crippen LogP contribution in [0.25, 0.3) is 0 Å². The molecule has 0 aliphatic carbocycles. The molecule has 6 heteroatoms. The summed E-state index contributed by atoms with van der Waals surface area (Å²) in [6.07, 6.45) is 6.67. The molecule has 17 heavy (non-hydrogen) atoms. The summed E-state index contributed by atoms with van der Waals surface area (Å²) in [5.74, 6) is 0. The van der Waals surface area contributed by atoms with Gasteiger partial charge < -0.3 is 10.6 Å². The molecular weight excluding hydrogens is 216 g/mol. The molecule has 3 heterocycles. The Kier molecular flexibility index (Phi) is 8.37. The molecule has 1 aliphatic rings. The van der Waals surface area contributed by atoms with Crippen LogP contribution in [-0.4, -0.2) is 46.6 Å². The predicted octanol–water partition coefficient (Wildman–Crippen LogP) is 0.0655. The minimum absolute atomic E-state index is 1.14. The third-order valence-corrected chi connectivity index (χ3v) is 1.85. The van der Waals surface area contributed by atoms with Gasteiger partial charge in [-0.15, -0.1) is 0 Å². The van der Waals surface area contributed by atoms with Crippen LogP contribution in [0.5, 0.6) is 0 Å². The van der Waals surface area contributed by atoms with Gasteiger partial charge in [0, 0.05) is 38.6 Å². The molecule has 0 bridgehead atoms. The highest BCUT2D eigenvalue weighted by atomic mass is 15.3. The number of pyridine rings is 1. The van der Waals surface area contributed by atoms with Gasteiger partial charge in [-0.05, 0) is 12.1 Å². The van der Waals surface area contributed by atoms with Crippen LogP contribution >= 0.6 is 0 Å². The predicted molar refractivity (Wildman–Crippen MR) is 66.4 cm³/mol. The van der Waals surface area contributed by atoms with Gasteiger partial charge in [-0.25, -0.2) is 0 Å². The van der Waals surface area contributed by atoms with Crippen molar-refractivity contribution in [1.82, 2.24) is 31.0 Å². The molecule has 0 saturated carbocycles. The Hall–Kier alpha value is -1.79. The molecule has 1 aliphatic heterocycles. The standard InChI is InChI=1S/C5H5N.C4H10N2.C2H3N3/c1-2-4-6-5-3-1;1-2-6-4-3-5-1;1-2-4-5-3-1/h1-5H;5-6H,1-4H2;1-2H,(H,3,4,5). The molecule has 1 fully saturated rings. The fraction of sp³-hybridized carbons (Fsp3) is 0.364. The highest BCUT2D eigenvalue weighted by molar-refractivity contribution is 4.88. The number of rotatable bonds is 0. The second-order valence-corrected chi connectivity index (χ2v) is 3.18. The van der Waals surface area contributed by atoms with Crippen molar-refractivity contribution < 1.29 is 0 Å². The van der Waals surface area contributed by atoms with Crippen molar-refractivity contribution in [1.29, 1.82) is 0 Å². The number of aromatic amines is 1. The zero-order valence-electron chi connectivity index (χ0n) is 9.71. The van der Waals surface area contributed by atoms with E-state index >= 15 is 0 Å². The van der Waals surface area contributed by atoms with Crippen molar-refractivity contribution in [2.75, 3.05) is 26.2 Å². The molecule has 0 unspecified atom stereocenters. The molecule has 0 aromatic carbocycles. The Labute approximate surface area is 101 Å². The maximum Gasteiger partial charge on any atom is 0.0690 e. The monoisotopic (exact) mass is 234 g/mol. The average Bonchev–Trinajstić information content (AvgIpc) is 3.03. The lowest BCUT2D eigenvalue weighted by Crippen LogP contribution is -2.39. The molecule has 3 rings (SSSR count). The first-order valence-electron chi connectivity index (χ1n) is 5.56. The van der Waals surface area contributed by atoms with Gasteiger partial charge in [0.15, 0.2) is 0 Å². The van der Waals surface area contributed by atoms with Gasteiger partial charge in [0.1, 0.15) is 0 Å². The number of aromatic nitrogens is 4. The molecular formula is C11H18N6. The highest BCUT2D eigenvalue weighted by Gasteiger charge is 1.91. The maximum absolute atomic E-state index is 3.78. The SMILES string of the molecule is C1CNCCN1.c1ccncc1.c1cn[nH]n1. The van der Waals surface area contributed by atoms with Gasteiger partial charge in [-0.3, -0.25) is 4.98 Å². The summed E-state index contributed by atoms with van der Waals surface area (Å²) >= 11 is 0. The lowest BCUT2D eigenvalue weighted by molar-refractivity contribution is 0.534. The van der Waals surface area contributed by atoms with Gasteiger partial charge in [0.05, 0.1) is 12.4 Å². The zero-order chi connectivity index (χ0) is 12.0. The van der Waals surface area contributed by atoms with E-state index < -0.39 is 0 Å². The van der Waals surface area contributed by atoms with Crippen LogP contribution in [0.2, 0.25) is 0 Å². The molecule has 3 N–H and O–H groups in total. The van der Waals surface area contributed by atoms with E-state index in [1.54, 1.807) is 24.8 Å². The fourth-order valence-electron chi connectivity index (χ4n) is 1.08. The first kappa shape index (κ1) is 13.3. The van der Waals surface area contributed by atoms with Crippen molar-refractivity contribution in [2.24, 2.45) is 0 Å². The van der Waals surface area contributed by atoms with Crippen LogP contribution in [0.1, 0.15) is 0 Å². The van der Waals surface area contributed by atoms with Crippen molar-refractivity contribution in [3.05, 3.63) is 43.0 Å². The van der Waals surface area contributed by atoms with Crippen LogP contribution < -0.4 is 10.6 Å². The van der Waals surface area contributed by atoms with Gasteiger partial charge in [0.2, 0.25) is 0 Å². The van der Waals surface area contributed by atoms with Gasteiger partial charge in [-0.2, -0.15) is 15.4 Å². The smallest absolute Gasteiger partial charge is 0.0690 e. The second-order valence-electron chi connectivity index (χ2n) is 3.18. The highest BCUT2D eigenvalue weighted by Crippen LogP contribution is 1.73. The summed E-state index contributed by atoms with van der Waals surface area (Å²) in [4.78, 5) is 3.78. The van der Waals surface area contributed by atoms with Crippen molar-refractivity contribution >= 4 is 0 Å². The Morgan fingerprint density at radius 2 is 1.18 bits per heavy atom. The third-order valence-electron chi connectivity index (χ3n) is 1.85. The maximum atomic E-state index is 3.78. The molecule has 6 nitrogen and oxygen atoms in total. The molecule has 0 atom stereocenters. The molecule has 1 saturated heterocycles. The number of H-pyrrole nitrogens is 1. The van der Waals surface area contributed by atoms with E-state index in [1.807, 2.05) is 18.2 Å². The van der Waals surface area contributed by atoms with E-state index in [0.717, 1.165) is 26.2 Å². The van der Waals surface area contributed by atoms with Gasteiger partial charge in [-0.1, -0.05) is 6.07 Å². The molecule has 2 aromatic rings. The Morgan fingerprint density at radius 1 is 0.647 bits per heavy atom. The minimum atomic E-state index is 1.14. The fourth-order valence-corrected chi connectivity index (χ4v) is 1.08. The van der Waals surface area contributed by atoms with Crippen molar-refractivity contribution in [3.8, 4) is 0 Å². The first-order valence-corrected chi connectivity index (χ1v) is 5.56. The van der Waals surface area contributed by atoms with E-state index in [0.29, 0.717) is 0 Å². The summed E-state index contributed by atoms with van der Waals surface area (Å²) in [6, 6.07) is 5.72. The minimum Gasteiger partial charge on any atom is -0.314 e. The van der Waals surface area contributed by atoms with Gasteiger partial charge in [0.25, 0.3) is 0 Å². The quantitative estimate of drug-likeness (QED) is 0.601. The summed E-state index contributed by atoms with van der Waals surface area (Å²) < 4.78 is 0. The molecule has 0 spiro atoms. The molecule has 92 valence electrons. The number of piperazine rings is 1. The molecule has 0 amide bonds. The van der Waals surface area contributed by atoms with Crippen molar-refractivity contribution in [2.45, 2.75) is 0 Å². The van der Waals surface area contributed by atoms with E-state index in [9.17, 15) is 0 Å². The van der Waals surface area contributed by atoms with Crippen LogP contribution in [0.4, 0.5) is 0 Å². The topological polar surface area (TPSA) is 78.5 Å². The van der Waals surface area contributed by atoms with E-state index in [4.69, 9.17) is 0 Å². The largest absolute Gasteiger partial charge is 0.314 e. The third kappa shape index (κ3) is 9.16. The van der Waals surface area contributed by atoms with Crippen LogP contribution in [0.3, 0.4) is 0 Å². The van der Waals surface area contributed by atoms with Crippen LogP contribution in [0.15, 0.2) is 43.0 Å². The summed E-state index contributed by atoms with van der Waals surface area (Å²) in [5.41, 5.74) is 0. The summed E-state index contributed by atoms with van der Waals surface area (Å²) in [5, 5.41) is 15.8. The van der Waals surface area contributed by atoms with Crippen LogP contribution in [0, 0.1) is 0 Å². The average molecular weight is 234 g/mol. The van der Waals surface area contributed by atoms with Crippen LogP contribution in [-0.2, 0) is 0 Å². The van der Waals surface area contributed by atoms with Crippen molar-refractivity contribution in [3.63, 3.8) is 0 Å². The number of hydrogen-bond donors (Lipinski definition) is 3. The number of nitrogens with one attached hydrogen (secondary N) is 3. The van der Waals surface area contributed by atoms with E-state index in [-0.39, 0.29) is 0 Å². The van der Waals surface area contributed by atoms with E-state index in [1.165, 1.54) is 0 Å². The summed E-state index contributed by atoms with van der Waals surface area (Å²) in [7, 11) is 0. The Bertz CT molecular complexity index is 264. The molecule has 2 aromatic heterocycles. The first-order chi connectivity index (χ1) is 8.50. The van der Waals surface area contributed by atoms with Gasteiger partial charge >= 0.3 is 0 Å². The number of nitrogens with zero attached hydrogens (tertiary/aromatic N) is 3. The Morgan fingerprint density at radius 3 is 1.35 bits per heavy atom. The van der Waals surface area contributed by atoms with E-state index in [2.05, 4.69) is 31.0 Å².